The van der Waals surface area contributed by atoms with Crippen LogP contribution in [0.2, 0.25) is 5.02 Å². The van der Waals surface area contributed by atoms with Gasteiger partial charge in [0, 0.05) is 54.5 Å². The van der Waals surface area contributed by atoms with Gasteiger partial charge in [-0.15, -0.1) is 0 Å². The minimum atomic E-state index is -0.0278. The molecule has 1 fully saturated rings. The molecule has 2 aliphatic heterocycles. The molecule has 0 unspecified atom stereocenters. The van der Waals surface area contributed by atoms with Gasteiger partial charge in [-0.25, -0.2) is 0 Å². The molecule has 0 spiro atoms. The molecule has 126 valence electrons. The molecule has 2 aromatic rings. The normalized spacial score (nSPS) is 19.3. The molecule has 3 nitrogen and oxygen atoms in total. The topological polar surface area (TPSA) is 27.3 Å². The van der Waals surface area contributed by atoms with Crippen molar-refractivity contribution in [2.45, 2.75) is 25.8 Å². The van der Waals surface area contributed by atoms with Crippen molar-refractivity contribution in [1.29, 1.82) is 0 Å². The molecular weight excluding hydrogens is 318 g/mol. The minimum absolute atomic E-state index is 0.0278. The van der Waals surface area contributed by atoms with Crippen molar-refractivity contribution < 1.29 is 0 Å². The molecular formula is C20H24ClN3. The van der Waals surface area contributed by atoms with Gasteiger partial charge in [0.1, 0.15) is 0 Å². The van der Waals surface area contributed by atoms with Crippen molar-refractivity contribution in [2.75, 3.05) is 31.5 Å². The maximum absolute atomic E-state index is 6.18. The van der Waals surface area contributed by atoms with Gasteiger partial charge in [0.05, 0.1) is 0 Å². The zero-order valence-corrected chi connectivity index (χ0v) is 15.1. The van der Waals surface area contributed by atoms with E-state index in [-0.39, 0.29) is 5.41 Å². The van der Waals surface area contributed by atoms with Gasteiger partial charge in [-0.05, 0) is 34.9 Å². The third kappa shape index (κ3) is 2.81. The number of fused-ring (bicyclic) bond motifs is 2. The fourth-order valence-corrected chi connectivity index (χ4v) is 4.07. The first kappa shape index (κ1) is 15.9. The zero-order valence-electron chi connectivity index (χ0n) is 14.3. The average molecular weight is 342 g/mol. The summed E-state index contributed by atoms with van der Waals surface area (Å²) in [7, 11) is 0. The van der Waals surface area contributed by atoms with Crippen molar-refractivity contribution >= 4 is 23.0 Å². The van der Waals surface area contributed by atoms with Crippen molar-refractivity contribution in [3.8, 4) is 0 Å². The van der Waals surface area contributed by atoms with Crippen LogP contribution in [0.1, 0.15) is 30.5 Å². The highest BCUT2D eigenvalue weighted by Crippen LogP contribution is 2.46. The molecule has 0 atom stereocenters. The van der Waals surface area contributed by atoms with Gasteiger partial charge in [-0.1, -0.05) is 43.6 Å². The molecule has 2 heterocycles. The summed E-state index contributed by atoms with van der Waals surface area (Å²) in [5, 5.41) is 7.75. The van der Waals surface area contributed by atoms with E-state index in [1.54, 1.807) is 0 Å². The summed E-state index contributed by atoms with van der Waals surface area (Å²) < 4.78 is 0. The van der Waals surface area contributed by atoms with Gasteiger partial charge in [0.25, 0.3) is 0 Å². The van der Waals surface area contributed by atoms with E-state index in [1.165, 1.54) is 22.4 Å². The molecule has 1 saturated heterocycles. The highest BCUT2D eigenvalue weighted by atomic mass is 35.5. The Morgan fingerprint density at radius 2 is 1.79 bits per heavy atom. The highest BCUT2D eigenvalue weighted by molar-refractivity contribution is 6.31. The van der Waals surface area contributed by atoms with Gasteiger partial charge < -0.3 is 10.6 Å². The van der Waals surface area contributed by atoms with E-state index in [9.17, 15) is 0 Å². The van der Waals surface area contributed by atoms with E-state index in [1.807, 2.05) is 12.1 Å². The summed E-state index contributed by atoms with van der Waals surface area (Å²) in [6.07, 6.45) is 0. The predicted octanol–water partition coefficient (Wildman–Crippen LogP) is 4.13. The lowest BCUT2D eigenvalue weighted by Crippen LogP contribution is -2.42. The highest BCUT2D eigenvalue weighted by Gasteiger charge is 2.32. The Balaban J connectivity index is 1.67. The third-order valence-electron chi connectivity index (χ3n) is 5.30. The number of piperazine rings is 1. The zero-order chi connectivity index (χ0) is 16.7. The second-order valence-corrected chi connectivity index (χ2v) is 7.78. The van der Waals surface area contributed by atoms with E-state index < -0.39 is 0 Å². The number of benzene rings is 2. The Kier molecular flexibility index (Phi) is 4.03. The Morgan fingerprint density at radius 3 is 2.58 bits per heavy atom. The summed E-state index contributed by atoms with van der Waals surface area (Å²) in [5.74, 6) is 0. The summed E-state index contributed by atoms with van der Waals surface area (Å²) in [6, 6.07) is 13.0. The first-order valence-electron chi connectivity index (χ1n) is 8.67. The molecule has 4 rings (SSSR count). The molecule has 24 heavy (non-hydrogen) atoms. The second kappa shape index (κ2) is 6.07. The van der Waals surface area contributed by atoms with E-state index in [4.69, 9.17) is 11.6 Å². The fraction of sp³-hybridized carbons (Fsp3) is 0.400. The predicted molar refractivity (Wildman–Crippen MR) is 101 cm³/mol. The lowest BCUT2D eigenvalue weighted by molar-refractivity contribution is 0.233. The maximum atomic E-state index is 6.18. The summed E-state index contributed by atoms with van der Waals surface area (Å²) >= 11 is 6.18. The Hall–Kier alpha value is -1.55. The summed E-state index contributed by atoms with van der Waals surface area (Å²) in [5.41, 5.74) is 6.35. The summed E-state index contributed by atoms with van der Waals surface area (Å²) in [4.78, 5) is 2.52. The van der Waals surface area contributed by atoms with Crippen LogP contribution in [0.3, 0.4) is 0 Å². The van der Waals surface area contributed by atoms with Crippen molar-refractivity contribution in [3.05, 3.63) is 58.1 Å². The second-order valence-electron chi connectivity index (χ2n) is 7.35. The SMILES string of the molecule is CC1(C)c2ccc(Cl)cc2Nc2ccc(CN3CCNCC3)cc21. The van der Waals surface area contributed by atoms with Gasteiger partial charge in [-0.3, -0.25) is 4.90 Å². The molecule has 4 heteroatoms. The average Bonchev–Trinajstić information content (AvgIpc) is 2.56. The van der Waals surface area contributed by atoms with Crippen LogP contribution in [0.25, 0.3) is 0 Å². The number of hydrogen-bond donors (Lipinski definition) is 2. The Morgan fingerprint density at radius 1 is 1.00 bits per heavy atom. The lowest BCUT2D eigenvalue weighted by Gasteiger charge is -2.36. The Bertz CT molecular complexity index is 763. The van der Waals surface area contributed by atoms with E-state index in [2.05, 4.69) is 53.6 Å². The van der Waals surface area contributed by atoms with Crippen LogP contribution >= 0.6 is 11.6 Å². The van der Waals surface area contributed by atoms with Gasteiger partial charge in [0.15, 0.2) is 0 Å². The third-order valence-corrected chi connectivity index (χ3v) is 5.53. The van der Waals surface area contributed by atoms with Crippen LogP contribution < -0.4 is 10.6 Å². The first-order chi connectivity index (χ1) is 11.5. The maximum Gasteiger partial charge on any atom is 0.0440 e. The van der Waals surface area contributed by atoms with Crippen LogP contribution in [-0.4, -0.2) is 31.1 Å². The van der Waals surface area contributed by atoms with Crippen LogP contribution in [0.4, 0.5) is 11.4 Å². The number of rotatable bonds is 2. The quantitative estimate of drug-likeness (QED) is 0.860. The Labute approximate surface area is 149 Å². The number of anilines is 2. The summed E-state index contributed by atoms with van der Waals surface area (Å²) in [6.45, 7) is 10.1. The van der Waals surface area contributed by atoms with E-state index in [0.717, 1.165) is 43.4 Å². The van der Waals surface area contributed by atoms with Gasteiger partial charge >= 0.3 is 0 Å². The molecule has 2 N–H and O–H groups in total. The van der Waals surface area contributed by atoms with Gasteiger partial charge in [0.2, 0.25) is 0 Å². The lowest BCUT2D eigenvalue weighted by atomic mass is 9.74. The van der Waals surface area contributed by atoms with Crippen molar-refractivity contribution in [1.82, 2.24) is 10.2 Å². The van der Waals surface area contributed by atoms with E-state index >= 15 is 0 Å². The monoisotopic (exact) mass is 341 g/mol. The van der Waals surface area contributed by atoms with Crippen LogP contribution in [0.15, 0.2) is 36.4 Å². The molecule has 0 saturated carbocycles. The molecule has 0 bridgehead atoms. The molecule has 0 radical (unpaired) electrons. The van der Waals surface area contributed by atoms with Crippen molar-refractivity contribution in [2.24, 2.45) is 0 Å². The molecule has 0 amide bonds. The largest absolute Gasteiger partial charge is 0.355 e. The van der Waals surface area contributed by atoms with Crippen LogP contribution in [0, 0.1) is 0 Å². The standard InChI is InChI=1S/C20H24ClN3/c1-20(2)16-5-4-15(21)12-19(16)23-18-6-3-14(11-17(18)20)13-24-9-7-22-8-10-24/h3-6,11-12,22-23H,7-10,13H2,1-2H3. The number of nitrogens with zero attached hydrogens (tertiary/aromatic N) is 1. The van der Waals surface area contributed by atoms with Gasteiger partial charge in [-0.2, -0.15) is 0 Å². The number of halogens is 1. The molecule has 0 aliphatic carbocycles. The number of nitrogens with one attached hydrogen (secondary N) is 2. The van der Waals surface area contributed by atoms with Crippen LogP contribution in [-0.2, 0) is 12.0 Å². The van der Waals surface area contributed by atoms with Crippen molar-refractivity contribution in [3.63, 3.8) is 0 Å². The number of hydrogen-bond acceptors (Lipinski definition) is 3. The van der Waals surface area contributed by atoms with Crippen LogP contribution in [0.5, 0.6) is 0 Å². The fourth-order valence-electron chi connectivity index (χ4n) is 3.90. The smallest absolute Gasteiger partial charge is 0.0440 e. The molecule has 2 aromatic carbocycles. The molecule has 2 aliphatic rings. The minimum Gasteiger partial charge on any atom is -0.355 e. The first-order valence-corrected chi connectivity index (χ1v) is 9.05. The van der Waals surface area contributed by atoms with E-state index in [0.29, 0.717) is 0 Å². The molecule has 0 aromatic heterocycles.